The number of furan rings is 1. The molecule has 2 atom stereocenters. The summed E-state index contributed by atoms with van der Waals surface area (Å²) in [6, 6.07) is 30.4. The highest BCUT2D eigenvalue weighted by atomic mass is 16.3. The molecule has 5 nitrogen and oxygen atoms in total. The average molecular weight is 557 g/mol. The van der Waals surface area contributed by atoms with Gasteiger partial charge in [0.1, 0.15) is 5.58 Å². The van der Waals surface area contributed by atoms with Gasteiger partial charge in [-0.25, -0.2) is 4.98 Å². The number of fused-ring (bicyclic) bond motifs is 11. The van der Waals surface area contributed by atoms with Crippen LogP contribution >= 0.6 is 0 Å². The van der Waals surface area contributed by atoms with Gasteiger partial charge in [-0.2, -0.15) is 0 Å². The predicted molar refractivity (Wildman–Crippen MR) is 175 cm³/mol. The Kier molecular flexibility index (Phi) is 4.42. The molecule has 0 N–H and O–H groups in total. The van der Waals surface area contributed by atoms with Gasteiger partial charge >= 0.3 is 0 Å². The van der Waals surface area contributed by atoms with Gasteiger partial charge in [0, 0.05) is 28.1 Å². The Morgan fingerprint density at radius 1 is 0.884 bits per heavy atom. The molecular weight excluding hydrogens is 528 g/mol. The molecule has 0 bridgehead atoms. The maximum Gasteiger partial charge on any atom is 0.220 e. The third-order valence-electron chi connectivity index (χ3n) is 9.80. The number of allylic oxidation sites excluding steroid dienone is 3. The van der Waals surface area contributed by atoms with Crippen LogP contribution in [0.1, 0.15) is 36.2 Å². The number of imidazole rings is 2. The molecule has 10 rings (SSSR count). The summed E-state index contributed by atoms with van der Waals surface area (Å²) in [5, 5.41) is 2.24. The largest absolute Gasteiger partial charge is 0.454 e. The van der Waals surface area contributed by atoms with Crippen LogP contribution in [0.3, 0.4) is 0 Å². The van der Waals surface area contributed by atoms with Crippen LogP contribution in [-0.4, -0.2) is 19.5 Å². The number of nitrogens with zero attached hydrogens (tertiary/aromatic N) is 4. The Labute approximate surface area is 248 Å². The van der Waals surface area contributed by atoms with Crippen molar-refractivity contribution < 1.29 is 4.42 Å². The highest BCUT2D eigenvalue weighted by Gasteiger charge is 2.47. The molecule has 4 aromatic carbocycles. The van der Waals surface area contributed by atoms with E-state index in [2.05, 4.69) is 142 Å². The van der Waals surface area contributed by atoms with E-state index in [1.807, 2.05) is 0 Å². The SMILES string of the molecule is CC12C=CC=CC1c1ccccc1N2c1cccc2c1oc1ccc(-n3c4c(n5c6ccccc6nc35)C=CCC4)cc12. The van der Waals surface area contributed by atoms with E-state index in [0.29, 0.717) is 0 Å². The molecule has 2 aliphatic carbocycles. The minimum Gasteiger partial charge on any atom is -0.454 e. The number of hydrogen-bond acceptors (Lipinski definition) is 3. The van der Waals surface area contributed by atoms with E-state index >= 15 is 0 Å². The van der Waals surface area contributed by atoms with Crippen LogP contribution in [0.4, 0.5) is 11.4 Å². The van der Waals surface area contributed by atoms with Crippen LogP contribution < -0.4 is 4.90 Å². The summed E-state index contributed by atoms with van der Waals surface area (Å²) in [7, 11) is 0. The summed E-state index contributed by atoms with van der Waals surface area (Å²) < 4.78 is 11.4. The second kappa shape index (κ2) is 8.17. The summed E-state index contributed by atoms with van der Waals surface area (Å²) in [6.07, 6.45) is 15.5. The monoisotopic (exact) mass is 556 g/mol. The standard InChI is InChI=1S/C38H28N4O/c1-38-22-9-8-13-28(38)26-11-2-4-15-30(26)42(38)34-19-10-12-25-27-23-24(20-21-35(27)43-36(25)34)40-32-17-6-7-18-33(32)41-31-16-5-3-14-29(31)39-37(40)41/h2-5,7-16,18-23,28H,6,17H2,1H3. The van der Waals surface area contributed by atoms with Gasteiger partial charge in [0.25, 0.3) is 0 Å². The summed E-state index contributed by atoms with van der Waals surface area (Å²) in [4.78, 5) is 7.59. The third kappa shape index (κ3) is 2.94. The van der Waals surface area contributed by atoms with E-state index in [0.717, 1.165) is 63.0 Å². The fraction of sp³-hybridized carbons (Fsp3) is 0.132. The van der Waals surface area contributed by atoms with Gasteiger partial charge < -0.3 is 9.32 Å². The molecule has 0 amide bonds. The normalized spacial score (nSPS) is 20.5. The van der Waals surface area contributed by atoms with Gasteiger partial charge in [0.15, 0.2) is 5.58 Å². The zero-order valence-corrected chi connectivity index (χ0v) is 23.7. The smallest absolute Gasteiger partial charge is 0.220 e. The molecule has 0 radical (unpaired) electrons. The van der Waals surface area contributed by atoms with Crippen LogP contribution in [0.15, 0.2) is 120 Å². The van der Waals surface area contributed by atoms with Gasteiger partial charge in [-0.1, -0.05) is 72.8 Å². The number of para-hydroxylation sites is 4. The molecule has 206 valence electrons. The first-order valence-electron chi connectivity index (χ1n) is 15.1. The number of rotatable bonds is 2. The predicted octanol–water partition coefficient (Wildman–Crippen LogP) is 9.26. The maximum absolute atomic E-state index is 6.73. The maximum atomic E-state index is 6.73. The Morgan fingerprint density at radius 3 is 2.74 bits per heavy atom. The lowest BCUT2D eigenvalue weighted by molar-refractivity contribution is 0.540. The summed E-state index contributed by atoms with van der Waals surface area (Å²) in [5.74, 6) is 1.23. The van der Waals surface area contributed by atoms with Crippen LogP contribution in [-0.2, 0) is 6.42 Å². The molecule has 5 heteroatoms. The van der Waals surface area contributed by atoms with Crippen LogP contribution in [0.2, 0.25) is 0 Å². The lowest BCUT2D eigenvalue weighted by atomic mass is 9.80. The minimum atomic E-state index is -0.219. The number of benzene rings is 4. The molecule has 0 saturated heterocycles. The average Bonchev–Trinajstić information content (AvgIpc) is 3.76. The lowest BCUT2D eigenvalue weighted by Gasteiger charge is -2.39. The minimum absolute atomic E-state index is 0.219. The molecule has 2 unspecified atom stereocenters. The molecule has 7 aromatic rings. The highest BCUT2D eigenvalue weighted by Crippen LogP contribution is 2.55. The molecule has 0 spiro atoms. The van der Waals surface area contributed by atoms with Crippen LogP contribution in [0.5, 0.6) is 0 Å². The van der Waals surface area contributed by atoms with Crippen molar-refractivity contribution in [2.45, 2.75) is 31.2 Å². The Bertz CT molecular complexity index is 2400. The number of hydrogen-bond donors (Lipinski definition) is 0. The number of aromatic nitrogens is 3. The zero-order valence-electron chi connectivity index (χ0n) is 23.7. The summed E-state index contributed by atoms with van der Waals surface area (Å²) in [5.41, 5.74) is 11.1. The van der Waals surface area contributed by atoms with Crippen molar-refractivity contribution in [3.05, 3.63) is 132 Å². The molecule has 3 aromatic heterocycles. The van der Waals surface area contributed by atoms with Crippen molar-refractivity contribution in [3.8, 4) is 5.69 Å². The number of anilines is 2. The van der Waals surface area contributed by atoms with E-state index in [9.17, 15) is 0 Å². The van der Waals surface area contributed by atoms with Crippen molar-refractivity contribution in [2.75, 3.05) is 4.90 Å². The highest BCUT2D eigenvalue weighted by molar-refractivity contribution is 6.10. The van der Waals surface area contributed by atoms with Gasteiger partial charge in [0.05, 0.1) is 33.6 Å². The topological polar surface area (TPSA) is 38.6 Å². The Balaban J connectivity index is 1.21. The summed E-state index contributed by atoms with van der Waals surface area (Å²) >= 11 is 0. The zero-order chi connectivity index (χ0) is 28.3. The van der Waals surface area contributed by atoms with Crippen molar-refractivity contribution in [1.82, 2.24) is 14.0 Å². The fourth-order valence-electron chi connectivity index (χ4n) is 7.91. The fourth-order valence-corrected chi connectivity index (χ4v) is 7.91. The first-order valence-corrected chi connectivity index (χ1v) is 15.1. The van der Waals surface area contributed by atoms with Crippen molar-refractivity contribution in [1.29, 1.82) is 0 Å². The first-order chi connectivity index (χ1) is 21.2. The Morgan fingerprint density at radius 2 is 1.77 bits per heavy atom. The van der Waals surface area contributed by atoms with Crippen molar-refractivity contribution >= 4 is 56.2 Å². The van der Waals surface area contributed by atoms with Crippen LogP contribution in [0, 0.1) is 0 Å². The summed E-state index contributed by atoms with van der Waals surface area (Å²) in [6.45, 7) is 2.33. The quantitative estimate of drug-likeness (QED) is 0.213. The molecule has 43 heavy (non-hydrogen) atoms. The molecule has 3 aliphatic rings. The van der Waals surface area contributed by atoms with E-state index < -0.39 is 0 Å². The lowest BCUT2D eigenvalue weighted by Crippen LogP contribution is -2.42. The van der Waals surface area contributed by atoms with Crippen LogP contribution in [0.25, 0.3) is 50.5 Å². The van der Waals surface area contributed by atoms with E-state index in [1.165, 1.54) is 22.6 Å². The molecule has 0 fully saturated rings. The van der Waals surface area contributed by atoms with E-state index in [1.54, 1.807) is 0 Å². The molecule has 4 heterocycles. The van der Waals surface area contributed by atoms with Gasteiger partial charge in [-0.3, -0.25) is 8.97 Å². The first kappa shape index (κ1) is 23.3. The molecule has 0 saturated carbocycles. The van der Waals surface area contributed by atoms with Gasteiger partial charge in [0.2, 0.25) is 5.78 Å². The van der Waals surface area contributed by atoms with Gasteiger partial charge in [-0.15, -0.1) is 0 Å². The van der Waals surface area contributed by atoms with E-state index in [4.69, 9.17) is 9.40 Å². The van der Waals surface area contributed by atoms with E-state index in [-0.39, 0.29) is 11.5 Å². The Hall–Kier alpha value is -5.29. The van der Waals surface area contributed by atoms with Crippen molar-refractivity contribution in [2.24, 2.45) is 0 Å². The molecule has 1 aliphatic heterocycles. The second-order valence-electron chi connectivity index (χ2n) is 12.1. The van der Waals surface area contributed by atoms with Gasteiger partial charge in [-0.05, 0) is 73.9 Å². The third-order valence-corrected chi connectivity index (χ3v) is 9.80. The van der Waals surface area contributed by atoms with Crippen molar-refractivity contribution in [3.63, 3.8) is 0 Å². The second-order valence-corrected chi connectivity index (χ2v) is 12.1. The molecular formula is C38H28N4O.